The Balaban J connectivity index is 1.76. The van der Waals surface area contributed by atoms with E-state index in [1.807, 2.05) is 60.7 Å². The highest BCUT2D eigenvalue weighted by molar-refractivity contribution is 5.67. The number of hydrogen-bond acceptors (Lipinski definition) is 4. The summed E-state index contributed by atoms with van der Waals surface area (Å²) in [5, 5.41) is 2.84. The number of rotatable bonds is 11. The molecule has 0 spiro atoms. The van der Waals surface area contributed by atoms with E-state index in [0.717, 1.165) is 36.8 Å². The van der Waals surface area contributed by atoms with E-state index < -0.39 is 6.09 Å². The highest BCUT2D eigenvalue weighted by Gasteiger charge is 2.13. The predicted molar refractivity (Wildman–Crippen MR) is 102 cm³/mol. The van der Waals surface area contributed by atoms with Crippen LogP contribution in [0.25, 0.3) is 0 Å². The molecule has 0 saturated carbocycles. The zero-order valence-electron chi connectivity index (χ0n) is 15.3. The van der Waals surface area contributed by atoms with E-state index in [1.165, 1.54) is 0 Å². The Morgan fingerprint density at radius 3 is 2.15 bits per heavy atom. The first kappa shape index (κ1) is 19.9. The minimum absolute atomic E-state index is 0.249. The molecule has 1 atom stereocenters. The van der Waals surface area contributed by atoms with Crippen LogP contribution in [0.5, 0.6) is 0 Å². The molecule has 2 aromatic rings. The summed E-state index contributed by atoms with van der Waals surface area (Å²) in [6.07, 6.45) is 3.28. The van der Waals surface area contributed by atoms with Crippen molar-refractivity contribution in [1.82, 2.24) is 10.8 Å². The standard InChI is InChI=1S/C21H28N2O3/c1-2-3-6-15-20(23-26-17-19-13-9-5-10-14-19)22-21(24)25-16-18-11-7-4-8-12-18/h4-5,7-14,20,23H,2-3,6,15-17H2,1H3,(H,22,24). The van der Waals surface area contributed by atoms with Crippen LogP contribution in [0.1, 0.15) is 43.7 Å². The smallest absolute Gasteiger partial charge is 0.408 e. The number of benzene rings is 2. The summed E-state index contributed by atoms with van der Waals surface area (Å²) >= 11 is 0. The summed E-state index contributed by atoms with van der Waals surface area (Å²) in [6.45, 7) is 2.83. The van der Waals surface area contributed by atoms with Crippen molar-refractivity contribution in [2.24, 2.45) is 0 Å². The predicted octanol–water partition coefficient (Wildman–Crippen LogP) is 4.54. The molecule has 0 bridgehead atoms. The second kappa shape index (κ2) is 12.1. The van der Waals surface area contributed by atoms with Crippen molar-refractivity contribution in [3.8, 4) is 0 Å². The zero-order valence-corrected chi connectivity index (χ0v) is 15.3. The van der Waals surface area contributed by atoms with Gasteiger partial charge in [-0.05, 0) is 24.0 Å². The van der Waals surface area contributed by atoms with E-state index in [2.05, 4.69) is 17.7 Å². The van der Waals surface area contributed by atoms with Crippen molar-refractivity contribution in [2.75, 3.05) is 0 Å². The van der Waals surface area contributed by atoms with E-state index in [4.69, 9.17) is 9.57 Å². The summed E-state index contributed by atoms with van der Waals surface area (Å²) in [4.78, 5) is 17.6. The zero-order chi connectivity index (χ0) is 18.5. The third kappa shape index (κ3) is 8.14. The van der Waals surface area contributed by atoms with Crippen LogP contribution in [0, 0.1) is 0 Å². The lowest BCUT2D eigenvalue weighted by Crippen LogP contribution is -2.45. The molecular formula is C21H28N2O3. The maximum Gasteiger partial charge on any atom is 0.408 e. The van der Waals surface area contributed by atoms with Gasteiger partial charge in [0.2, 0.25) is 0 Å². The lowest BCUT2D eigenvalue weighted by atomic mass is 10.2. The summed E-state index contributed by atoms with van der Waals surface area (Å²) in [6, 6.07) is 19.5. The van der Waals surface area contributed by atoms with Crippen molar-refractivity contribution in [1.29, 1.82) is 0 Å². The van der Waals surface area contributed by atoms with E-state index >= 15 is 0 Å². The van der Waals surface area contributed by atoms with Crippen LogP contribution in [0.3, 0.4) is 0 Å². The van der Waals surface area contributed by atoms with Crippen LogP contribution in [0.4, 0.5) is 4.79 Å². The fourth-order valence-electron chi connectivity index (χ4n) is 2.47. The third-order valence-corrected chi connectivity index (χ3v) is 3.91. The van der Waals surface area contributed by atoms with Gasteiger partial charge in [-0.15, -0.1) is 0 Å². The van der Waals surface area contributed by atoms with Crippen molar-refractivity contribution in [3.05, 3.63) is 71.8 Å². The van der Waals surface area contributed by atoms with Gasteiger partial charge in [0.15, 0.2) is 0 Å². The van der Waals surface area contributed by atoms with Crippen molar-refractivity contribution >= 4 is 6.09 Å². The monoisotopic (exact) mass is 356 g/mol. The Hall–Kier alpha value is -2.37. The molecule has 26 heavy (non-hydrogen) atoms. The van der Waals surface area contributed by atoms with Gasteiger partial charge < -0.3 is 10.1 Å². The van der Waals surface area contributed by atoms with E-state index in [9.17, 15) is 4.79 Å². The van der Waals surface area contributed by atoms with E-state index in [1.54, 1.807) is 0 Å². The average molecular weight is 356 g/mol. The van der Waals surface area contributed by atoms with Gasteiger partial charge in [-0.3, -0.25) is 4.84 Å². The number of ether oxygens (including phenoxy) is 1. The molecule has 5 nitrogen and oxygen atoms in total. The SMILES string of the molecule is CCCCCC(NOCc1ccccc1)NC(=O)OCc1ccccc1. The normalized spacial score (nSPS) is 11.7. The molecule has 1 unspecified atom stereocenters. The number of carbonyl (C=O) groups is 1. The minimum atomic E-state index is -0.453. The Morgan fingerprint density at radius 1 is 0.923 bits per heavy atom. The van der Waals surface area contributed by atoms with Gasteiger partial charge in [0.25, 0.3) is 0 Å². The molecule has 0 aliphatic heterocycles. The molecule has 0 aliphatic carbocycles. The molecule has 0 fully saturated rings. The first-order valence-corrected chi connectivity index (χ1v) is 9.16. The van der Waals surface area contributed by atoms with Crippen molar-refractivity contribution in [2.45, 2.75) is 52.0 Å². The third-order valence-electron chi connectivity index (χ3n) is 3.91. The van der Waals surface area contributed by atoms with Crippen molar-refractivity contribution < 1.29 is 14.4 Å². The molecule has 5 heteroatoms. The fraction of sp³-hybridized carbons (Fsp3) is 0.381. The highest BCUT2D eigenvalue weighted by atomic mass is 16.6. The number of carbonyl (C=O) groups excluding carboxylic acids is 1. The number of hydrogen-bond donors (Lipinski definition) is 2. The molecular weight excluding hydrogens is 328 g/mol. The molecule has 0 heterocycles. The Bertz CT molecular complexity index is 620. The summed E-state index contributed by atoms with van der Waals surface area (Å²) in [5.74, 6) is 0. The summed E-state index contributed by atoms with van der Waals surface area (Å²) < 4.78 is 5.28. The van der Waals surface area contributed by atoms with Crippen LogP contribution in [0.2, 0.25) is 0 Å². The molecule has 2 rings (SSSR count). The molecule has 0 aromatic heterocycles. The number of alkyl carbamates (subject to hydrolysis) is 1. The molecule has 1 amide bonds. The van der Waals surface area contributed by atoms with Gasteiger partial charge >= 0.3 is 6.09 Å². The van der Waals surface area contributed by atoms with Gasteiger partial charge in [-0.1, -0.05) is 80.4 Å². The number of unbranched alkanes of at least 4 members (excludes halogenated alkanes) is 2. The number of amides is 1. The molecule has 2 aromatic carbocycles. The van der Waals surface area contributed by atoms with E-state index in [-0.39, 0.29) is 12.8 Å². The minimum Gasteiger partial charge on any atom is -0.445 e. The molecule has 0 saturated heterocycles. The average Bonchev–Trinajstić information content (AvgIpc) is 2.68. The summed E-state index contributed by atoms with van der Waals surface area (Å²) in [5.41, 5.74) is 4.97. The summed E-state index contributed by atoms with van der Waals surface area (Å²) in [7, 11) is 0. The van der Waals surface area contributed by atoms with Crippen LogP contribution in [-0.4, -0.2) is 12.3 Å². The molecule has 0 aliphatic rings. The van der Waals surface area contributed by atoms with Gasteiger partial charge in [-0.25, -0.2) is 4.79 Å². The number of nitrogens with one attached hydrogen (secondary N) is 2. The largest absolute Gasteiger partial charge is 0.445 e. The van der Waals surface area contributed by atoms with Gasteiger partial charge in [0.1, 0.15) is 12.8 Å². The lowest BCUT2D eigenvalue weighted by Gasteiger charge is -2.20. The molecule has 140 valence electrons. The first-order valence-electron chi connectivity index (χ1n) is 9.16. The maximum absolute atomic E-state index is 12.1. The second-order valence-electron chi connectivity index (χ2n) is 6.15. The molecule has 2 N–H and O–H groups in total. The van der Waals surface area contributed by atoms with Crippen molar-refractivity contribution in [3.63, 3.8) is 0 Å². The molecule has 0 radical (unpaired) electrons. The van der Waals surface area contributed by atoms with E-state index in [0.29, 0.717) is 6.61 Å². The van der Waals surface area contributed by atoms with Gasteiger partial charge in [0.05, 0.1) is 6.61 Å². The first-order chi connectivity index (χ1) is 12.8. The topological polar surface area (TPSA) is 59.6 Å². The fourth-order valence-corrected chi connectivity index (χ4v) is 2.47. The maximum atomic E-state index is 12.1. The van der Waals surface area contributed by atoms with Crippen LogP contribution in [-0.2, 0) is 22.8 Å². The lowest BCUT2D eigenvalue weighted by molar-refractivity contribution is -0.00753. The van der Waals surface area contributed by atoms with Gasteiger partial charge in [-0.2, -0.15) is 5.48 Å². The number of hydroxylamine groups is 1. The quantitative estimate of drug-likeness (QED) is 0.352. The Labute approximate surface area is 155 Å². The highest BCUT2D eigenvalue weighted by Crippen LogP contribution is 2.05. The van der Waals surface area contributed by atoms with Gasteiger partial charge in [0, 0.05) is 0 Å². The van der Waals surface area contributed by atoms with Crippen LogP contribution in [0.15, 0.2) is 60.7 Å². The Morgan fingerprint density at radius 2 is 1.54 bits per heavy atom. The second-order valence-corrected chi connectivity index (χ2v) is 6.15. The Kier molecular flexibility index (Phi) is 9.25. The van der Waals surface area contributed by atoms with Crippen LogP contribution < -0.4 is 10.8 Å². The van der Waals surface area contributed by atoms with Crippen LogP contribution >= 0.6 is 0 Å².